The Balaban J connectivity index is 1.99. The van der Waals surface area contributed by atoms with Crippen LogP contribution in [0.5, 0.6) is 5.75 Å². The standard InChI is InChI=1S/C21H23F3N2O3/c1-14(2)19(26-18(27)11-15-7-4-3-5-8-15)20(28)25-16-9-6-10-17(12-16)29-13-21(22,23)24/h3-10,12,14,19H,11,13H2,1-2H3,(H,25,28)(H,26,27). The number of ether oxygens (including phenoxy) is 1. The first kappa shape index (κ1) is 22.3. The van der Waals surface area contributed by atoms with Gasteiger partial charge in [-0.1, -0.05) is 50.2 Å². The molecule has 0 aliphatic heterocycles. The number of hydrogen-bond acceptors (Lipinski definition) is 3. The molecule has 0 heterocycles. The van der Waals surface area contributed by atoms with E-state index in [0.717, 1.165) is 5.56 Å². The quantitative estimate of drug-likeness (QED) is 0.695. The summed E-state index contributed by atoms with van der Waals surface area (Å²) in [5, 5.41) is 5.33. The molecule has 29 heavy (non-hydrogen) atoms. The Labute approximate surface area is 167 Å². The van der Waals surface area contributed by atoms with Crippen LogP contribution in [0.1, 0.15) is 19.4 Å². The van der Waals surface area contributed by atoms with Gasteiger partial charge in [-0.2, -0.15) is 13.2 Å². The Hall–Kier alpha value is -3.03. The molecular weight excluding hydrogens is 385 g/mol. The Morgan fingerprint density at radius 1 is 1.03 bits per heavy atom. The molecule has 8 heteroatoms. The normalized spacial score (nSPS) is 12.3. The summed E-state index contributed by atoms with van der Waals surface area (Å²) in [6.45, 7) is 2.15. The fourth-order valence-electron chi connectivity index (χ4n) is 2.59. The lowest BCUT2D eigenvalue weighted by atomic mass is 10.0. The van der Waals surface area contributed by atoms with Crippen LogP contribution >= 0.6 is 0 Å². The van der Waals surface area contributed by atoms with Gasteiger partial charge in [0.05, 0.1) is 6.42 Å². The molecule has 156 valence electrons. The second-order valence-electron chi connectivity index (χ2n) is 6.87. The molecule has 2 amide bonds. The number of carbonyl (C=O) groups excluding carboxylic acids is 2. The third-order valence-corrected chi connectivity index (χ3v) is 3.98. The minimum atomic E-state index is -4.45. The molecule has 0 radical (unpaired) electrons. The average molecular weight is 408 g/mol. The lowest BCUT2D eigenvalue weighted by molar-refractivity contribution is -0.153. The van der Waals surface area contributed by atoms with Crippen molar-refractivity contribution < 1.29 is 27.5 Å². The van der Waals surface area contributed by atoms with Crippen molar-refractivity contribution in [1.29, 1.82) is 0 Å². The summed E-state index contributed by atoms with van der Waals surface area (Å²) < 4.78 is 41.6. The van der Waals surface area contributed by atoms with Gasteiger partial charge in [-0.05, 0) is 23.6 Å². The van der Waals surface area contributed by atoms with Gasteiger partial charge in [-0.3, -0.25) is 9.59 Å². The molecule has 0 saturated heterocycles. The third-order valence-electron chi connectivity index (χ3n) is 3.98. The number of hydrogen-bond donors (Lipinski definition) is 2. The van der Waals surface area contributed by atoms with Crippen LogP contribution in [-0.4, -0.2) is 30.6 Å². The lowest BCUT2D eigenvalue weighted by Gasteiger charge is -2.22. The summed E-state index contributed by atoms with van der Waals surface area (Å²) in [6, 6.07) is 14.0. The van der Waals surface area contributed by atoms with E-state index in [2.05, 4.69) is 15.4 Å². The first-order chi connectivity index (χ1) is 13.6. The number of rotatable bonds is 8. The number of nitrogens with one attached hydrogen (secondary N) is 2. The van der Waals surface area contributed by atoms with Crippen molar-refractivity contribution in [2.75, 3.05) is 11.9 Å². The molecule has 1 atom stereocenters. The summed E-state index contributed by atoms with van der Waals surface area (Å²) in [5.41, 5.74) is 1.10. The van der Waals surface area contributed by atoms with Crippen LogP contribution in [0.25, 0.3) is 0 Å². The molecule has 2 aromatic rings. The summed E-state index contributed by atoms with van der Waals surface area (Å²) in [5.74, 6) is -0.976. The van der Waals surface area contributed by atoms with Gasteiger partial charge in [-0.15, -0.1) is 0 Å². The van der Waals surface area contributed by atoms with Gasteiger partial charge in [0.15, 0.2) is 6.61 Å². The van der Waals surface area contributed by atoms with Crippen molar-refractivity contribution in [3.63, 3.8) is 0 Å². The number of alkyl halides is 3. The van der Waals surface area contributed by atoms with E-state index in [0.29, 0.717) is 0 Å². The predicted molar refractivity (Wildman–Crippen MR) is 104 cm³/mol. The van der Waals surface area contributed by atoms with Crippen LogP contribution < -0.4 is 15.4 Å². The third kappa shape index (κ3) is 7.85. The highest BCUT2D eigenvalue weighted by Gasteiger charge is 2.28. The second-order valence-corrected chi connectivity index (χ2v) is 6.87. The molecule has 0 aromatic heterocycles. The van der Waals surface area contributed by atoms with E-state index >= 15 is 0 Å². The van der Waals surface area contributed by atoms with E-state index in [1.807, 2.05) is 30.3 Å². The van der Waals surface area contributed by atoms with Crippen molar-refractivity contribution in [3.8, 4) is 5.75 Å². The van der Waals surface area contributed by atoms with Crippen LogP contribution in [-0.2, 0) is 16.0 Å². The smallest absolute Gasteiger partial charge is 0.422 e. The van der Waals surface area contributed by atoms with E-state index in [1.54, 1.807) is 13.8 Å². The Kier molecular flexibility index (Phi) is 7.64. The molecule has 0 aliphatic carbocycles. The molecule has 0 saturated carbocycles. The van der Waals surface area contributed by atoms with Gasteiger partial charge in [0, 0.05) is 11.8 Å². The van der Waals surface area contributed by atoms with Gasteiger partial charge in [0.25, 0.3) is 0 Å². The average Bonchev–Trinajstić information content (AvgIpc) is 2.65. The Bertz CT molecular complexity index is 823. The topological polar surface area (TPSA) is 67.4 Å². The number of benzene rings is 2. The lowest BCUT2D eigenvalue weighted by Crippen LogP contribution is -2.47. The van der Waals surface area contributed by atoms with Gasteiger partial charge < -0.3 is 15.4 Å². The zero-order valence-corrected chi connectivity index (χ0v) is 16.1. The van der Waals surface area contributed by atoms with E-state index in [-0.39, 0.29) is 29.7 Å². The van der Waals surface area contributed by atoms with E-state index in [1.165, 1.54) is 24.3 Å². The Morgan fingerprint density at radius 2 is 1.72 bits per heavy atom. The maximum Gasteiger partial charge on any atom is 0.422 e. The molecule has 0 spiro atoms. The maximum absolute atomic E-state index is 12.6. The number of amides is 2. The molecule has 0 fully saturated rings. The highest BCUT2D eigenvalue weighted by atomic mass is 19.4. The molecule has 2 aromatic carbocycles. The fourth-order valence-corrected chi connectivity index (χ4v) is 2.59. The monoisotopic (exact) mass is 408 g/mol. The molecular formula is C21H23F3N2O3. The summed E-state index contributed by atoms with van der Waals surface area (Å²) in [7, 11) is 0. The first-order valence-corrected chi connectivity index (χ1v) is 9.08. The molecule has 1 unspecified atom stereocenters. The SMILES string of the molecule is CC(C)C(NC(=O)Cc1ccccc1)C(=O)Nc1cccc(OCC(F)(F)F)c1. The van der Waals surface area contributed by atoms with Crippen LogP contribution in [0, 0.1) is 5.92 Å². The molecule has 2 N–H and O–H groups in total. The van der Waals surface area contributed by atoms with Crippen molar-refractivity contribution >= 4 is 17.5 Å². The minimum absolute atomic E-state index is 0.0191. The molecule has 2 rings (SSSR count). The van der Waals surface area contributed by atoms with Crippen molar-refractivity contribution in [3.05, 3.63) is 60.2 Å². The van der Waals surface area contributed by atoms with E-state index in [9.17, 15) is 22.8 Å². The molecule has 0 aliphatic rings. The van der Waals surface area contributed by atoms with Gasteiger partial charge >= 0.3 is 6.18 Å². The highest BCUT2D eigenvalue weighted by molar-refractivity contribution is 5.97. The van der Waals surface area contributed by atoms with Crippen LogP contribution in [0.3, 0.4) is 0 Å². The molecule has 0 bridgehead atoms. The van der Waals surface area contributed by atoms with Crippen molar-refractivity contribution in [1.82, 2.24) is 5.32 Å². The first-order valence-electron chi connectivity index (χ1n) is 9.08. The zero-order chi connectivity index (χ0) is 21.4. The van der Waals surface area contributed by atoms with Crippen LogP contribution in [0.15, 0.2) is 54.6 Å². The number of anilines is 1. The maximum atomic E-state index is 12.6. The summed E-state index contributed by atoms with van der Waals surface area (Å²) in [6.07, 6.45) is -4.32. The van der Waals surface area contributed by atoms with E-state index < -0.39 is 24.7 Å². The Morgan fingerprint density at radius 3 is 2.34 bits per heavy atom. The highest BCUT2D eigenvalue weighted by Crippen LogP contribution is 2.21. The summed E-state index contributed by atoms with van der Waals surface area (Å²) >= 11 is 0. The largest absolute Gasteiger partial charge is 0.484 e. The van der Waals surface area contributed by atoms with Crippen LogP contribution in [0.4, 0.5) is 18.9 Å². The molecule has 5 nitrogen and oxygen atoms in total. The van der Waals surface area contributed by atoms with Crippen molar-refractivity contribution in [2.24, 2.45) is 5.92 Å². The van der Waals surface area contributed by atoms with Gasteiger partial charge in [0.1, 0.15) is 11.8 Å². The van der Waals surface area contributed by atoms with Gasteiger partial charge in [-0.25, -0.2) is 0 Å². The second kappa shape index (κ2) is 9.95. The fraction of sp³-hybridized carbons (Fsp3) is 0.333. The van der Waals surface area contributed by atoms with Gasteiger partial charge in [0.2, 0.25) is 11.8 Å². The van der Waals surface area contributed by atoms with E-state index in [4.69, 9.17) is 0 Å². The predicted octanol–water partition coefficient (Wildman–Crippen LogP) is 3.95. The summed E-state index contributed by atoms with van der Waals surface area (Å²) in [4.78, 5) is 24.9. The van der Waals surface area contributed by atoms with Crippen molar-refractivity contribution in [2.45, 2.75) is 32.5 Å². The zero-order valence-electron chi connectivity index (χ0n) is 16.1. The van der Waals surface area contributed by atoms with Crippen LogP contribution in [0.2, 0.25) is 0 Å². The minimum Gasteiger partial charge on any atom is -0.484 e. The number of halogens is 3. The number of carbonyl (C=O) groups is 2.